The molecule has 4 aromatic carbocycles. The monoisotopic (exact) mass is 496 g/mol. The van der Waals surface area contributed by atoms with Gasteiger partial charge in [0.2, 0.25) is 0 Å². The van der Waals surface area contributed by atoms with Crippen LogP contribution in [0.1, 0.15) is 22.3 Å². The zero-order chi connectivity index (χ0) is 15.7. The third-order valence-electron chi connectivity index (χ3n) is 4.50. The van der Waals surface area contributed by atoms with Crippen molar-refractivity contribution in [2.75, 3.05) is 0 Å². The van der Waals surface area contributed by atoms with Crippen molar-refractivity contribution in [3.8, 4) is 0 Å². The molecule has 0 unspecified atom stereocenters. The average Bonchev–Trinajstić information content (AvgIpc) is 3.17. The first-order valence-electron chi connectivity index (χ1n) is 7.81. The van der Waals surface area contributed by atoms with Crippen molar-refractivity contribution in [1.29, 1.82) is 0 Å². The Hall–Kier alpha value is -1.47. The fraction of sp³-hybridized carbons (Fsp3) is 0.167. The molecule has 4 aromatic rings. The molecule has 0 saturated carbocycles. The van der Waals surface area contributed by atoms with Crippen LogP contribution >= 0.6 is 0 Å². The molecule has 0 aliphatic heterocycles. The second-order valence-electron chi connectivity index (χ2n) is 6.10. The van der Waals surface area contributed by atoms with Crippen molar-refractivity contribution in [2.45, 2.75) is 27.7 Å². The molecular formula is C24H28Hf. The summed E-state index contributed by atoms with van der Waals surface area (Å²) in [6.45, 7) is 8.62. The largest absolute Gasteiger partial charge is 4.00 e. The van der Waals surface area contributed by atoms with Crippen LogP contribution in [0.25, 0.3) is 21.5 Å². The summed E-state index contributed by atoms with van der Waals surface area (Å²) in [5, 5.41) is 5.57. The Labute approximate surface area is 172 Å². The number of rotatable bonds is 0. The topological polar surface area (TPSA) is 0 Å². The Morgan fingerprint density at radius 2 is 0.840 bits per heavy atom. The molecule has 0 aliphatic rings. The van der Waals surface area contributed by atoms with Gasteiger partial charge in [-0.25, -0.2) is 0 Å². The van der Waals surface area contributed by atoms with Gasteiger partial charge in [0.05, 0.1) is 0 Å². The van der Waals surface area contributed by atoms with E-state index in [4.69, 9.17) is 0 Å². The molecule has 0 heterocycles. The van der Waals surface area contributed by atoms with E-state index in [1.54, 1.807) is 0 Å². The van der Waals surface area contributed by atoms with Gasteiger partial charge < -0.3 is 14.9 Å². The fourth-order valence-corrected chi connectivity index (χ4v) is 3.07. The molecule has 0 bridgehead atoms. The van der Waals surface area contributed by atoms with Crippen LogP contribution in [0, 0.1) is 42.5 Å². The Morgan fingerprint density at radius 1 is 0.520 bits per heavy atom. The first kappa shape index (κ1) is 23.5. The number of benzene rings is 2. The molecule has 0 N–H and O–H groups in total. The zero-order valence-corrected chi connectivity index (χ0v) is 19.9. The Bertz CT molecular complexity index is 772. The summed E-state index contributed by atoms with van der Waals surface area (Å²) >= 11 is 0. The molecule has 1 heteroatoms. The molecule has 0 spiro atoms. The van der Waals surface area contributed by atoms with Crippen LogP contribution < -0.4 is 0 Å². The molecule has 0 fully saturated rings. The van der Waals surface area contributed by atoms with Crippen molar-refractivity contribution < 1.29 is 25.8 Å². The Morgan fingerprint density at radius 3 is 1.16 bits per heavy atom. The summed E-state index contributed by atoms with van der Waals surface area (Å²) in [6, 6.07) is 21.7. The van der Waals surface area contributed by atoms with E-state index in [1.165, 1.54) is 43.8 Å². The first-order chi connectivity index (χ1) is 10.6. The van der Waals surface area contributed by atoms with Gasteiger partial charge in [-0.05, 0) is 13.8 Å². The molecule has 0 amide bonds. The first-order valence-corrected chi connectivity index (χ1v) is 7.81. The van der Waals surface area contributed by atoms with Gasteiger partial charge in [-0.1, -0.05) is 37.1 Å². The van der Waals surface area contributed by atoms with Gasteiger partial charge in [-0.15, -0.1) is 56.9 Å². The summed E-state index contributed by atoms with van der Waals surface area (Å²) in [6.07, 6.45) is 0. The normalized spacial score (nSPS) is 9.44. The van der Waals surface area contributed by atoms with Crippen molar-refractivity contribution in [3.63, 3.8) is 0 Å². The molecule has 0 aliphatic carbocycles. The summed E-state index contributed by atoms with van der Waals surface area (Å²) in [5.74, 6) is 0. The quantitative estimate of drug-likeness (QED) is 0.178. The molecule has 0 saturated heterocycles. The van der Waals surface area contributed by atoms with Gasteiger partial charge in [0.25, 0.3) is 0 Å². The summed E-state index contributed by atoms with van der Waals surface area (Å²) in [5.41, 5.74) is 5.48. The third-order valence-corrected chi connectivity index (χ3v) is 4.50. The van der Waals surface area contributed by atoms with E-state index in [2.05, 4.69) is 88.4 Å². The van der Waals surface area contributed by atoms with Gasteiger partial charge in [0.1, 0.15) is 0 Å². The van der Waals surface area contributed by atoms with Crippen LogP contribution in [0.15, 0.2) is 60.7 Å². The molecule has 0 radical (unpaired) electrons. The predicted octanol–water partition coefficient (Wildman–Crippen LogP) is 7.25. The SMILES string of the molecule is Cc1ccc(C)c2[cH-]ccc12.Cc1ccc(C)c2[cH-]ccc12.[CH3-].[CH3-].[Hf+4]. The molecular weight excluding hydrogens is 467 g/mol. The zero-order valence-electron chi connectivity index (χ0n) is 16.3. The minimum atomic E-state index is 0. The number of aryl methyl sites for hydroxylation is 4. The van der Waals surface area contributed by atoms with Gasteiger partial charge >= 0.3 is 25.8 Å². The van der Waals surface area contributed by atoms with E-state index < -0.39 is 0 Å². The van der Waals surface area contributed by atoms with E-state index in [9.17, 15) is 0 Å². The molecule has 128 valence electrons. The van der Waals surface area contributed by atoms with E-state index in [0.29, 0.717) is 0 Å². The minimum absolute atomic E-state index is 0. The summed E-state index contributed by atoms with van der Waals surface area (Å²) in [7, 11) is 0. The second kappa shape index (κ2) is 9.87. The van der Waals surface area contributed by atoms with Crippen LogP contribution in [0.3, 0.4) is 0 Å². The number of hydrogen-bond donors (Lipinski definition) is 0. The van der Waals surface area contributed by atoms with E-state index in [-0.39, 0.29) is 40.7 Å². The molecule has 4 rings (SSSR count). The van der Waals surface area contributed by atoms with Crippen molar-refractivity contribution in [1.82, 2.24) is 0 Å². The van der Waals surface area contributed by atoms with Crippen molar-refractivity contribution >= 4 is 21.5 Å². The maximum Gasteiger partial charge on any atom is 4.00 e. The van der Waals surface area contributed by atoms with Crippen LogP contribution in [0.2, 0.25) is 0 Å². The second-order valence-corrected chi connectivity index (χ2v) is 6.10. The number of fused-ring (bicyclic) bond motifs is 2. The standard InChI is InChI=1S/2C11H11.2CH3.Hf/c2*1-8-6-7-9(2)11-5-3-4-10(8)11;;;/h2*3-7H,1-2H3;2*1H3;/q4*-1;+4. The maximum atomic E-state index is 2.18. The third kappa shape index (κ3) is 4.79. The van der Waals surface area contributed by atoms with Gasteiger partial charge in [0, 0.05) is 0 Å². The van der Waals surface area contributed by atoms with E-state index >= 15 is 0 Å². The van der Waals surface area contributed by atoms with E-state index in [1.807, 2.05) is 0 Å². The van der Waals surface area contributed by atoms with Crippen molar-refractivity contribution in [2.24, 2.45) is 0 Å². The van der Waals surface area contributed by atoms with Gasteiger partial charge in [0.15, 0.2) is 0 Å². The fourth-order valence-electron chi connectivity index (χ4n) is 3.07. The molecule has 0 atom stereocenters. The molecule has 25 heavy (non-hydrogen) atoms. The van der Waals surface area contributed by atoms with Gasteiger partial charge in [-0.2, -0.15) is 24.3 Å². The minimum Gasteiger partial charge on any atom is -0.358 e. The molecule has 0 aromatic heterocycles. The summed E-state index contributed by atoms with van der Waals surface area (Å²) < 4.78 is 0. The number of hydrogen-bond acceptors (Lipinski definition) is 0. The smallest absolute Gasteiger partial charge is 0.358 e. The van der Waals surface area contributed by atoms with Crippen LogP contribution in [0.5, 0.6) is 0 Å². The van der Waals surface area contributed by atoms with Crippen LogP contribution in [0.4, 0.5) is 0 Å². The van der Waals surface area contributed by atoms with Crippen LogP contribution in [-0.4, -0.2) is 0 Å². The van der Waals surface area contributed by atoms with Gasteiger partial charge in [-0.3, -0.25) is 0 Å². The van der Waals surface area contributed by atoms with Crippen LogP contribution in [-0.2, 0) is 25.8 Å². The predicted molar refractivity (Wildman–Crippen MR) is 111 cm³/mol. The van der Waals surface area contributed by atoms with Crippen molar-refractivity contribution in [3.05, 3.63) is 97.8 Å². The summed E-state index contributed by atoms with van der Waals surface area (Å²) in [4.78, 5) is 0. The molecule has 0 nitrogen and oxygen atoms in total. The van der Waals surface area contributed by atoms with E-state index in [0.717, 1.165) is 0 Å². The Balaban J connectivity index is 0.000000411. The maximum absolute atomic E-state index is 2.18. The Kier molecular flexibility index (Phi) is 9.29. The average molecular weight is 495 g/mol.